The minimum Gasteiger partial charge on any atom is -0.507 e. The topological polar surface area (TPSA) is 64.3 Å². The van der Waals surface area contributed by atoms with Crippen LogP contribution in [0.5, 0.6) is 11.5 Å². The number of hydrogen-bond donors (Lipinski definition) is 3. The Balaban J connectivity index is 2.19. The minimum atomic E-state index is 0.0558. The smallest absolute Gasteiger partial charge is 0.124 e. The van der Waals surface area contributed by atoms with Crippen molar-refractivity contribution >= 4 is 5.71 Å². The fourth-order valence-electron chi connectivity index (χ4n) is 2.52. The van der Waals surface area contributed by atoms with E-state index < -0.39 is 0 Å². The fraction of sp³-hybridized carbons (Fsp3) is 0.316. The van der Waals surface area contributed by atoms with E-state index in [0.29, 0.717) is 11.1 Å². The van der Waals surface area contributed by atoms with Gasteiger partial charge in [0.2, 0.25) is 0 Å². The lowest BCUT2D eigenvalue weighted by molar-refractivity contribution is 0.472. The van der Waals surface area contributed by atoms with Gasteiger partial charge in [-0.25, -0.2) is 0 Å². The third kappa shape index (κ3) is 3.88. The number of nitrogens with one attached hydrogen (secondary N) is 1. The van der Waals surface area contributed by atoms with Gasteiger partial charge in [-0.3, -0.25) is 5.41 Å². The Labute approximate surface area is 131 Å². The molecule has 0 aromatic heterocycles. The van der Waals surface area contributed by atoms with Gasteiger partial charge in [-0.2, -0.15) is 0 Å². The highest BCUT2D eigenvalue weighted by Crippen LogP contribution is 2.26. The summed E-state index contributed by atoms with van der Waals surface area (Å²) >= 11 is 0. The van der Waals surface area contributed by atoms with Gasteiger partial charge >= 0.3 is 0 Å². The summed E-state index contributed by atoms with van der Waals surface area (Å²) in [7, 11) is 0. The van der Waals surface area contributed by atoms with Gasteiger partial charge in [-0.1, -0.05) is 44.4 Å². The lowest BCUT2D eigenvalue weighted by atomic mass is 9.97. The number of benzene rings is 2. The maximum absolute atomic E-state index is 10.0. The van der Waals surface area contributed by atoms with Crippen LogP contribution in [0.2, 0.25) is 0 Å². The normalized spacial score (nSPS) is 10.6. The Morgan fingerprint density at radius 2 is 1.64 bits per heavy atom. The Bertz CT molecular complexity index is 650. The van der Waals surface area contributed by atoms with Crippen LogP contribution in [0.25, 0.3) is 0 Å². The standard InChI is InChI=1S/C19H23NO2/c1-2-3-4-5-8-14-11-12-18(22)16(13-14)19(20)15-9-6-7-10-17(15)21/h6-7,9-13,20-22H,2-5,8H2,1H3. The van der Waals surface area contributed by atoms with Crippen LogP contribution in [0.4, 0.5) is 0 Å². The minimum absolute atomic E-state index is 0.0558. The number of aryl methyl sites for hydroxylation is 1. The molecule has 0 saturated heterocycles. The number of unbranched alkanes of at least 4 members (excludes halogenated alkanes) is 3. The van der Waals surface area contributed by atoms with E-state index in [1.54, 1.807) is 30.3 Å². The highest BCUT2D eigenvalue weighted by Gasteiger charge is 2.13. The van der Waals surface area contributed by atoms with Crippen LogP contribution in [-0.2, 0) is 6.42 Å². The van der Waals surface area contributed by atoms with Crippen molar-refractivity contribution in [1.82, 2.24) is 0 Å². The Morgan fingerprint density at radius 3 is 2.36 bits per heavy atom. The summed E-state index contributed by atoms with van der Waals surface area (Å²) in [6.45, 7) is 2.19. The molecule has 0 amide bonds. The van der Waals surface area contributed by atoms with E-state index in [2.05, 4.69) is 6.92 Å². The summed E-state index contributed by atoms with van der Waals surface area (Å²) in [5.74, 6) is 0.130. The van der Waals surface area contributed by atoms with Crippen molar-refractivity contribution < 1.29 is 10.2 Å². The molecule has 3 nitrogen and oxygen atoms in total. The molecule has 0 saturated carbocycles. The molecule has 0 aliphatic carbocycles. The number of phenols is 2. The molecule has 2 aromatic carbocycles. The summed E-state index contributed by atoms with van der Waals surface area (Å²) in [5.41, 5.74) is 2.16. The molecule has 0 radical (unpaired) electrons. The van der Waals surface area contributed by atoms with Crippen LogP contribution in [0.15, 0.2) is 42.5 Å². The Kier molecular flexibility index (Phi) is 5.59. The number of aromatic hydroxyl groups is 2. The highest BCUT2D eigenvalue weighted by molar-refractivity contribution is 6.14. The molecular formula is C19H23NO2. The molecule has 3 heteroatoms. The first-order chi connectivity index (χ1) is 10.6. The zero-order valence-electron chi connectivity index (χ0n) is 13.0. The molecule has 2 aromatic rings. The van der Waals surface area contributed by atoms with Crippen molar-refractivity contribution in [3.8, 4) is 11.5 Å². The van der Waals surface area contributed by atoms with Gasteiger partial charge in [-0.05, 0) is 42.7 Å². The predicted octanol–water partition coefficient (Wildman–Crippen LogP) is 4.64. The number of phenolic OH excluding ortho intramolecular Hbond substituents is 2. The van der Waals surface area contributed by atoms with Crippen molar-refractivity contribution in [1.29, 1.82) is 5.41 Å². The Morgan fingerprint density at radius 1 is 0.909 bits per heavy atom. The van der Waals surface area contributed by atoms with Crippen LogP contribution in [-0.4, -0.2) is 15.9 Å². The van der Waals surface area contributed by atoms with Gasteiger partial charge in [-0.15, -0.1) is 0 Å². The molecule has 0 aliphatic rings. The van der Waals surface area contributed by atoms with Gasteiger partial charge < -0.3 is 10.2 Å². The molecule has 0 aliphatic heterocycles. The molecule has 2 rings (SSSR count). The maximum atomic E-state index is 10.0. The summed E-state index contributed by atoms with van der Waals surface area (Å²) in [4.78, 5) is 0. The monoisotopic (exact) mass is 297 g/mol. The first kappa shape index (κ1) is 16.1. The van der Waals surface area contributed by atoms with Gasteiger partial charge in [0.25, 0.3) is 0 Å². The van der Waals surface area contributed by atoms with Gasteiger partial charge in [0.05, 0.1) is 5.71 Å². The van der Waals surface area contributed by atoms with Gasteiger partial charge in [0, 0.05) is 11.1 Å². The molecule has 0 fully saturated rings. The van der Waals surface area contributed by atoms with Crippen molar-refractivity contribution in [3.63, 3.8) is 0 Å². The maximum Gasteiger partial charge on any atom is 0.124 e. The van der Waals surface area contributed by atoms with E-state index in [1.165, 1.54) is 19.3 Å². The average molecular weight is 297 g/mol. The van der Waals surface area contributed by atoms with Gasteiger partial charge in [0.15, 0.2) is 0 Å². The van der Waals surface area contributed by atoms with Crippen LogP contribution in [0.1, 0.15) is 49.3 Å². The van der Waals surface area contributed by atoms with Crippen molar-refractivity contribution in [2.24, 2.45) is 0 Å². The molecule has 0 atom stereocenters. The molecule has 0 spiro atoms. The number of rotatable bonds is 7. The fourth-order valence-corrected chi connectivity index (χ4v) is 2.52. The second-order valence-corrected chi connectivity index (χ2v) is 5.55. The average Bonchev–Trinajstić information content (AvgIpc) is 2.53. The lowest BCUT2D eigenvalue weighted by Crippen LogP contribution is -2.03. The molecule has 0 bridgehead atoms. The largest absolute Gasteiger partial charge is 0.507 e. The first-order valence-electron chi connectivity index (χ1n) is 7.82. The van der Waals surface area contributed by atoms with E-state index in [0.717, 1.165) is 18.4 Å². The summed E-state index contributed by atoms with van der Waals surface area (Å²) in [5, 5.41) is 28.2. The third-order valence-electron chi connectivity index (χ3n) is 3.82. The summed E-state index contributed by atoms with van der Waals surface area (Å²) < 4.78 is 0. The highest BCUT2D eigenvalue weighted by atomic mass is 16.3. The Hall–Kier alpha value is -2.29. The second-order valence-electron chi connectivity index (χ2n) is 5.55. The molecule has 0 unspecified atom stereocenters. The van der Waals surface area contributed by atoms with Crippen molar-refractivity contribution in [2.75, 3.05) is 0 Å². The lowest BCUT2D eigenvalue weighted by Gasteiger charge is -2.11. The zero-order valence-corrected chi connectivity index (χ0v) is 13.0. The summed E-state index contributed by atoms with van der Waals surface area (Å²) in [6, 6.07) is 12.1. The molecule has 3 N–H and O–H groups in total. The van der Waals surface area contributed by atoms with Crippen LogP contribution >= 0.6 is 0 Å². The molecule has 22 heavy (non-hydrogen) atoms. The molecule has 116 valence electrons. The second kappa shape index (κ2) is 7.64. The quantitative estimate of drug-likeness (QED) is 0.515. The van der Waals surface area contributed by atoms with E-state index in [4.69, 9.17) is 5.41 Å². The van der Waals surface area contributed by atoms with Crippen LogP contribution < -0.4 is 0 Å². The number of para-hydroxylation sites is 1. The zero-order chi connectivity index (χ0) is 15.9. The van der Waals surface area contributed by atoms with Crippen molar-refractivity contribution in [3.05, 3.63) is 59.2 Å². The third-order valence-corrected chi connectivity index (χ3v) is 3.82. The molecule has 0 heterocycles. The van der Waals surface area contributed by atoms with Crippen molar-refractivity contribution in [2.45, 2.75) is 39.0 Å². The van der Waals surface area contributed by atoms with Crippen LogP contribution in [0.3, 0.4) is 0 Å². The molecular weight excluding hydrogens is 274 g/mol. The van der Waals surface area contributed by atoms with E-state index in [-0.39, 0.29) is 17.2 Å². The number of hydrogen-bond acceptors (Lipinski definition) is 3. The first-order valence-corrected chi connectivity index (χ1v) is 7.82. The predicted molar refractivity (Wildman–Crippen MR) is 90.0 cm³/mol. The van der Waals surface area contributed by atoms with Crippen LogP contribution in [0, 0.1) is 5.41 Å². The summed E-state index contributed by atoms with van der Waals surface area (Å²) in [6.07, 6.45) is 5.70. The van der Waals surface area contributed by atoms with E-state index in [1.807, 2.05) is 12.1 Å². The van der Waals surface area contributed by atoms with E-state index >= 15 is 0 Å². The SMILES string of the molecule is CCCCCCc1ccc(O)c(C(=N)c2ccccc2O)c1. The van der Waals surface area contributed by atoms with E-state index in [9.17, 15) is 10.2 Å². The van der Waals surface area contributed by atoms with Gasteiger partial charge in [0.1, 0.15) is 11.5 Å².